The lowest BCUT2D eigenvalue weighted by Gasteiger charge is -2.21. The van der Waals surface area contributed by atoms with Crippen LogP contribution in [-0.4, -0.2) is 17.2 Å². The van der Waals surface area contributed by atoms with Crippen molar-refractivity contribution in [1.82, 2.24) is 5.32 Å². The second kappa shape index (κ2) is 8.15. The number of benzene rings is 2. The van der Waals surface area contributed by atoms with E-state index in [1.54, 1.807) is 0 Å². The number of rotatable bonds is 6. The Morgan fingerprint density at radius 3 is 2.25 bits per heavy atom. The quantitative estimate of drug-likeness (QED) is 0.847. The molecule has 126 valence electrons. The zero-order chi connectivity index (χ0) is 17.5. The minimum Gasteiger partial charge on any atom is -0.481 e. The first-order chi connectivity index (χ1) is 11.5. The first-order valence-corrected chi connectivity index (χ1v) is 7.72. The topological polar surface area (TPSA) is 75.6 Å². The van der Waals surface area contributed by atoms with Gasteiger partial charge in [0.2, 0.25) is 0 Å². The van der Waals surface area contributed by atoms with Gasteiger partial charge in [0.05, 0.1) is 12.5 Å². The third-order valence-electron chi connectivity index (χ3n) is 3.77. The highest BCUT2D eigenvalue weighted by molar-refractivity contribution is 5.72. The number of carboxylic acids is 1. The number of carboxylic acid groups (broad SMARTS) is 1. The fourth-order valence-electron chi connectivity index (χ4n) is 2.68. The van der Waals surface area contributed by atoms with Crippen LogP contribution in [0.2, 0.25) is 0 Å². The molecular weight excluding hydrogens is 306 g/mol. The van der Waals surface area contributed by atoms with Gasteiger partial charge in [-0.1, -0.05) is 48.5 Å². The van der Waals surface area contributed by atoms with Crippen molar-refractivity contribution in [2.45, 2.75) is 32.9 Å². The predicted octanol–water partition coefficient (Wildman–Crippen LogP) is 3.75. The van der Waals surface area contributed by atoms with Gasteiger partial charge >= 0.3 is 12.1 Å². The van der Waals surface area contributed by atoms with Crippen molar-refractivity contribution in [3.05, 3.63) is 70.8 Å². The number of aryl methyl sites for hydroxylation is 2. The highest BCUT2D eigenvalue weighted by Crippen LogP contribution is 2.24. The van der Waals surface area contributed by atoms with Gasteiger partial charge in [-0.05, 0) is 36.1 Å². The molecule has 5 nitrogen and oxygen atoms in total. The van der Waals surface area contributed by atoms with E-state index < -0.39 is 18.1 Å². The lowest BCUT2D eigenvalue weighted by molar-refractivity contribution is -0.137. The summed E-state index contributed by atoms with van der Waals surface area (Å²) in [6.45, 7) is 3.93. The highest BCUT2D eigenvalue weighted by atomic mass is 16.5. The van der Waals surface area contributed by atoms with Crippen molar-refractivity contribution < 1.29 is 19.4 Å². The van der Waals surface area contributed by atoms with Crippen LogP contribution < -0.4 is 5.32 Å². The number of ether oxygens (including phenoxy) is 1. The summed E-state index contributed by atoms with van der Waals surface area (Å²) in [5.74, 6) is -0.981. The lowest BCUT2D eigenvalue weighted by Crippen LogP contribution is -2.31. The van der Waals surface area contributed by atoms with Gasteiger partial charge in [-0.3, -0.25) is 4.79 Å². The molecule has 0 saturated carbocycles. The zero-order valence-corrected chi connectivity index (χ0v) is 13.8. The Bertz CT molecular complexity index is 692. The number of nitrogens with one attached hydrogen (secondary N) is 1. The van der Waals surface area contributed by atoms with E-state index in [1.807, 2.05) is 62.4 Å². The van der Waals surface area contributed by atoms with E-state index in [0.717, 1.165) is 22.3 Å². The molecule has 1 amide bonds. The molecule has 0 aliphatic carbocycles. The van der Waals surface area contributed by atoms with Crippen molar-refractivity contribution in [2.75, 3.05) is 0 Å². The largest absolute Gasteiger partial charge is 0.481 e. The molecule has 0 heterocycles. The van der Waals surface area contributed by atoms with Gasteiger partial charge < -0.3 is 15.2 Å². The Balaban J connectivity index is 2.08. The molecule has 0 saturated heterocycles. The molecule has 2 aromatic rings. The van der Waals surface area contributed by atoms with Crippen LogP contribution in [0.5, 0.6) is 0 Å². The van der Waals surface area contributed by atoms with Gasteiger partial charge in [-0.15, -0.1) is 0 Å². The van der Waals surface area contributed by atoms with E-state index in [1.165, 1.54) is 0 Å². The van der Waals surface area contributed by atoms with Crippen LogP contribution in [0.1, 0.15) is 34.7 Å². The van der Waals surface area contributed by atoms with E-state index in [-0.39, 0.29) is 13.0 Å². The summed E-state index contributed by atoms with van der Waals surface area (Å²) in [5, 5.41) is 11.8. The average Bonchev–Trinajstić information content (AvgIpc) is 2.53. The molecular formula is C19H21NO4. The first kappa shape index (κ1) is 17.5. The number of aliphatic carboxylic acids is 1. The smallest absolute Gasteiger partial charge is 0.407 e. The van der Waals surface area contributed by atoms with E-state index in [4.69, 9.17) is 9.84 Å². The maximum Gasteiger partial charge on any atom is 0.407 e. The Hall–Kier alpha value is -2.82. The summed E-state index contributed by atoms with van der Waals surface area (Å²) in [6, 6.07) is 14.4. The third-order valence-corrected chi connectivity index (χ3v) is 3.77. The van der Waals surface area contributed by atoms with Crippen molar-refractivity contribution >= 4 is 12.1 Å². The van der Waals surface area contributed by atoms with Crippen LogP contribution >= 0.6 is 0 Å². The fraction of sp³-hybridized carbons (Fsp3) is 0.263. The molecule has 0 radical (unpaired) electrons. The normalized spacial score (nSPS) is 11.6. The number of hydrogen-bond donors (Lipinski definition) is 2. The van der Waals surface area contributed by atoms with Crippen molar-refractivity contribution in [1.29, 1.82) is 0 Å². The lowest BCUT2D eigenvalue weighted by atomic mass is 9.94. The summed E-state index contributed by atoms with van der Waals surface area (Å²) in [7, 11) is 0. The molecule has 0 aromatic heterocycles. The molecule has 0 bridgehead atoms. The summed E-state index contributed by atoms with van der Waals surface area (Å²) >= 11 is 0. The van der Waals surface area contributed by atoms with E-state index in [2.05, 4.69) is 5.32 Å². The second-order valence-corrected chi connectivity index (χ2v) is 5.66. The number of hydrogen-bond acceptors (Lipinski definition) is 3. The first-order valence-electron chi connectivity index (χ1n) is 7.72. The Labute approximate surface area is 141 Å². The van der Waals surface area contributed by atoms with Crippen molar-refractivity contribution in [2.24, 2.45) is 0 Å². The molecule has 1 atom stereocenters. The maximum atomic E-state index is 12.1. The zero-order valence-electron chi connectivity index (χ0n) is 13.8. The fourth-order valence-corrected chi connectivity index (χ4v) is 2.68. The molecule has 2 rings (SSSR count). The Morgan fingerprint density at radius 1 is 1.04 bits per heavy atom. The highest BCUT2D eigenvalue weighted by Gasteiger charge is 2.22. The number of alkyl carbamates (subject to hydrolysis) is 1. The maximum absolute atomic E-state index is 12.1. The third kappa shape index (κ3) is 4.84. The summed E-state index contributed by atoms with van der Waals surface area (Å²) < 4.78 is 5.20. The van der Waals surface area contributed by atoms with Crippen LogP contribution in [0.15, 0.2) is 48.5 Å². The van der Waals surface area contributed by atoms with Crippen LogP contribution in [0.25, 0.3) is 0 Å². The van der Waals surface area contributed by atoms with Crippen molar-refractivity contribution in [3.8, 4) is 0 Å². The van der Waals surface area contributed by atoms with Gasteiger partial charge in [0, 0.05) is 0 Å². The van der Waals surface area contributed by atoms with Crippen LogP contribution in [0.4, 0.5) is 4.79 Å². The van der Waals surface area contributed by atoms with E-state index in [0.29, 0.717) is 0 Å². The Morgan fingerprint density at radius 2 is 1.67 bits per heavy atom. The minimum atomic E-state index is -0.981. The van der Waals surface area contributed by atoms with E-state index >= 15 is 0 Å². The molecule has 0 aliphatic heterocycles. The van der Waals surface area contributed by atoms with Crippen LogP contribution in [0.3, 0.4) is 0 Å². The van der Waals surface area contributed by atoms with Crippen LogP contribution in [0, 0.1) is 13.8 Å². The van der Waals surface area contributed by atoms with Gasteiger partial charge in [0.1, 0.15) is 6.61 Å². The van der Waals surface area contributed by atoms with Gasteiger partial charge in [-0.25, -0.2) is 4.79 Å². The molecule has 0 fully saturated rings. The number of carbonyl (C=O) groups is 2. The molecule has 0 aliphatic rings. The average molecular weight is 327 g/mol. The molecule has 2 N–H and O–H groups in total. The summed E-state index contributed by atoms with van der Waals surface area (Å²) in [6.07, 6.45) is -0.834. The molecule has 5 heteroatoms. The SMILES string of the molecule is Cc1cccc(C)c1[C@H](CC(=O)O)NC(=O)OCc1ccccc1. The Kier molecular flexibility index (Phi) is 5.95. The van der Waals surface area contributed by atoms with Gasteiger partial charge in [0.15, 0.2) is 0 Å². The molecule has 24 heavy (non-hydrogen) atoms. The van der Waals surface area contributed by atoms with Gasteiger partial charge in [-0.2, -0.15) is 0 Å². The van der Waals surface area contributed by atoms with E-state index in [9.17, 15) is 9.59 Å². The molecule has 0 spiro atoms. The molecule has 0 unspecified atom stereocenters. The summed E-state index contributed by atoms with van der Waals surface area (Å²) in [5.41, 5.74) is 3.56. The number of carbonyl (C=O) groups excluding carboxylic acids is 1. The van der Waals surface area contributed by atoms with Gasteiger partial charge in [0.25, 0.3) is 0 Å². The standard InChI is InChI=1S/C19H21NO4/c1-13-7-6-8-14(2)18(13)16(11-17(21)22)20-19(23)24-12-15-9-4-3-5-10-15/h3-10,16H,11-12H2,1-2H3,(H,20,23)(H,21,22)/t16-/m0/s1. The summed E-state index contributed by atoms with van der Waals surface area (Å²) in [4.78, 5) is 23.3. The van der Waals surface area contributed by atoms with Crippen LogP contribution in [-0.2, 0) is 16.1 Å². The minimum absolute atomic E-state index is 0.138. The predicted molar refractivity (Wildman–Crippen MR) is 90.7 cm³/mol. The second-order valence-electron chi connectivity index (χ2n) is 5.66. The number of amides is 1. The van der Waals surface area contributed by atoms with Crippen molar-refractivity contribution in [3.63, 3.8) is 0 Å². The monoisotopic (exact) mass is 327 g/mol. The molecule has 2 aromatic carbocycles.